The molecule has 0 aliphatic carbocycles. The van der Waals surface area contributed by atoms with Crippen molar-refractivity contribution in [2.45, 2.75) is 59.7 Å². The maximum absolute atomic E-state index is 12.7. The van der Waals surface area contributed by atoms with Crippen LogP contribution in [-0.4, -0.2) is 17.2 Å². The summed E-state index contributed by atoms with van der Waals surface area (Å²) in [5, 5.41) is 0. The van der Waals surface area contributed by atoms with Gasteiger partial charge >= 0.3 is 6.18 Å². The zero-order chi connectivity index (χ0) is 19.6. The van der Waals surface area contributed by atoms with E-state index in [9.17, 15) is 13.2 Å². The quantitative estimate of drug-likeness (QED) is 0.787. The Morgan fingerprint density at radius 1 is 1.04 bits per heavy atom. The van der Waals surface area contributed by atoms with Gasteiger partial charge in [0.15, 0.2) is 0 Å². The number of aromatic nitrogens is 1. The predicted octanol–water partition coefficient (Wildman–Crippen LogP) is 5.24. The van der Waals surface area contributed by atoms with Gasteiger partial charge in [0.2, 0.25) is 5.88 Å². The van der Waals surface area contributed by atoms with Gasteiger partial charge in [-0.3, -0.25) is 0 Å². The van der Waals surface area contributed by atoms with E-state index in [0.717, 1.165) is 33.6 Å². The van der Waals surface area contributed by atoms with Gasteiger partial charge < -0.3 is 10.5 Å². The molecule has 1 heterocycles. The summed E-state index contributed by atoms with van der Waals surface area (Å²) in [7, 11) is 0. The Bertz CT molecular complexity index is 777. The van der Waals surface area contributed by atoms with Gasteiger partial charge in [0.25, 0.3) is 0 Å². The van der Waals surface area contributed by atoms with Crippen LogP contribution in [0.4, 0.5) is 13.2 Å². The smallest absolute Gasteiger partial charge is 0.403 e. The van der Waals surface area contributed by atoms with Crippen molar-refractivity contribution in [1.29, 1.82) is 0 Å². The maximum atomic E-state index is 12.7. The van der Waals surface area contributed by atoms with Crippen LogP contribution in [0.2, 0.25) is 0 Å². The number of ether oxygens (including phenoxy) is 1. The summed E-state index contributed by atoms with van der Waals surface area (Å²) in [6, 6.07) is 4.01. The average Bonchev–Trinajstić information content (AvgIpc) is 2.50. The van der Waals surface area contributed by atoms with Crippen molar-refractivity contribution in [3.8, 4) is 11.6 Å². The van der Waals surface area contributed by atoms with Crippen molar-refractivity contribution in [1.82, 2.24) is 4.98 Å². The van der Waals surface area contributed by atoms with Gasteiger partial charge in [-0.05, 0) is 70.2 Å². The number of aryl methyl sites for hydroxylation is 5. The Morgan fingerprint density at radius 3 is 2.15 bits per heavy atom. The Morgan fingerprint density at radius 2 is 1.62 bits per heavy atom. The molecule has 1 unspecified atom stereocenters. The maximum Gasteiger partial charge on any atom is 0.403 e. The zero-order valence-corrected chi connectivity index (χ0v) is 15.8. The Balaban J connectivity index is 2.30. The molecule has 0 bridgehead atoms. The summed E-state index contributed by atoms with van der Waals surface area (Å²) in [6.45, 7) is 9.55. The third kappa shape index (κ3) is 4.75. The Kier molecular flexibility index (Phi) is 5.96. The van der Waals surface area contributed by atoms with Gasteiger partial charge in [-0.1, -0.05) is 17.7 Å². The van der Waals surface area contributed by atoms with E-state index in [2.05, 4.69) is 4.98 Å². The van der Waals surface area contributed by atoms with E-state index in [4.69, 9.17) is 10.5 Å². The monoisotopic (exact) mass is 366 g/mol. The summed E-state index contributed by atoms with van der Waals surface area (Å²) in [5.41, 5.74) is 10.6. The summed E-state index contributed by atoms with van der Waals surface area (Å²) < 4.78 is 44.0. The fourth-order valence-electron chi connectivity index (χ4n) is 3.03. The minimum Gasteiger partial charge on any atom is -0.438 e. The number of nitrogens with zero attached hydrogens (tertiary/aromatic N) is 1. The van der Waals surface area contributed by atoms with Crippen molar-refractivity contribution >= 4 is 0 Å². The summed E-state index contributed by atoms with van der Waals surface area (Å²) in [5.74, 6) is 1.16. The molecule has 1 aromatic heterocycles. The molecule has 0 amide bonds. The van der Waals surface area contributed by atoms with E-state index in [1.165, 1.54) is 0 Å². The van der Waals surface area contributed by atoms with Crippen LogP contribution in [0.15, 0.2) is 18.2 Å². The molecule has 1 aromatic carbocycles. The first kappa shape index (κ1) is 20.2. The van der Waals surface area contributed by atoms with E-state index in [-0.39, 0.29) is 12.8 Å². The molecule has 0 spiro atoms. The first-order chi connectivity index (χ1) is 12.0. The van der Waals surface area contributed by atoms with Crippen molar-refractivity contribution in [3.63, 3.8) is 0 Å². The van der Waals surface area contributed by atoms with Gasteiger partial charge in [-0.15, -0.1) is 0 Å². The lowest BCUT2D eigenvalue weighted by Gasteiger charge is -2.18. The molecular weight excluding hydrogens is 341 g/mol. The number of pyridine rings is 1. The molecule has 3 nitrogen and oxygen atoms in total. The lowest BCUT2D eigenvalue weighted by Crippen LogP contribution is -2.37. The molecule has 2 rings (SSSR count). The molecule has 0 aliphatic heterocycles. The molecule has 1 atom stereocenters. The van der Waals surface area contributed by atoms with Crippen molar-refractivity contribution in [2.24, 2.45) is 5.73 Å². The van der Waals surface area contributed by atoms with Gasteiger partial charge in [0.05, 0.1) is 0 Å². The molecule has 6 heteroatoms. The topological polar surface area (TPSA) is 48.1 Å². The third-order valence-corrected chi connectivity index (χ3v) is 4.41. The van der Waals surface area contributed by atoms with E-state index >= 15 is 0 Å². The number of alkyl halides is 3. The van der Waals surface area contributed by atoms with Crippen molar-refractivity contribution in [2.75, 3.05) is 0 Å². The fraction of sp³-hybridized carbons (Fsp3) is 0.450. The fourth-order valence-corrected chi connectivity index (χ4v) is 3.03. The molecule has 2 N–H and O–H groups in total. The zero-order valence-electron chi connectivity index (χ0n) is 15.8. The normalized spacial score (nSPS) is 13.0. The number of hydrogen-bond donors (Lipinski definition) is 1. The van der Waals surface area contributed by atoms with Crippen LogP contribution in [0.3, 0.4) is 0 Å². The number of nitrogens with two attached hydrogens (primary N) is 1. The summed E-state index contributed by atoms with van der Waals surface area (Å²) in [4.78, 5) is 4.43. The van der Waals surface area contributed by atoms with Crippen molar-refractivity contribution in [3.05, 3.63) is 51.7 Å². The largest absolute Gasteiger partial charge is 0.438 e. The first-order valence-electron chi connectivity index (χ1n) is 8.54. The highest BCUT2D eigenvalue weighted by molar-refractivity contribution is 5.46. The van der Waals surface area contributed by atoms with Gasteiger partial charge in [0.1, 0.15) is 11.8 Å². The molecule has 0 fully saturated rings. The second-order valence-corrected chi connectivity index (χ2v) is 6.87. The van der Waals surface area contributed by atoms with Crippen LogP contribution < -0.4 is 10.5 Å². The first-order valence-corrected chi connectivity index (χ1v) is 8.54. The predicted molar refractivity (Wildman–Crippen MR) is 96.8 cm³/mol. The molecule has 142 valence electrons. The summed E-state index contributed by atoms with van der Waals surface area (Å²) in [6.07, 6.45) is -4.33. The van der Waals surface area contributed by atoms with E-state index in [1.807, 2.05) is 39.8 Å². The highest BCUT2D eigenvalue weighted by Gasteiger charge is 2.36. The third-order valence-electron chi connectivity index (χ3n) is 4.41. The number of hydrogen-bond acceptors (Lipinski definition) is 3. The average molecular weight is 366 g/mol. The second-order valence-electron chi connectivity index (χ2n) is 6.87. The van der Waals surface area contributed by atoms with Crippen LogP contribution in [-0.2, 0) is 6.42 Å². The SMILES string of the molecule is Cc1cc(C)c(Oc2nc(C)cc(CCC(N)C(F)(F)F)c2C)c(C)c1. The minimum absolute atomic E-state index is 0.171. The Labute approximate surface area is 152 Å². The molecule has 0 aliphatic rings. The molecule has 0 radical (unpaired) electrons. The van der Waals surface area contributed by atoms with Crippen LogP contribution in [0, 0.1) is 34.6 Å². The van der Waals surface area contributed by atoms with Crippen LogP contribution in [0.5, 0.6) is 11.6 Å². The standard InChI is InChI=1S/C20H25F3N2O/c1-11-8-12(2)18(13(3)9-11)26-19-15(5)16(10-14(4)25-19)6-7-17(24)20(21,22)23/h8-10,17H,6-7,24H2,1-5H3. The van der Waals surface area contributed by atoms with Crippen LogP contribution >= 0.6 is 0 Å². The lowest BCUT2D eigenvalue weighted by molar-refractivity contribution is -0.148. The molecule has 26 heavy (non-hydrogen) atoms. The lowest BCUT2D eigenvalue weighted by atomic mass is 10.0. The second kappa shape index (κ2) is 7.66. The molecule has 2 aromatic rings. The number of halogens is 3. The highest BCUT2D eigenvalue weighted by Crippen LogP contribution is 2.32. The van der Waals surface area contributed by atoms with Gasteiger partial charge in [0, 0.05) is 11.3 Å². The van der Waals surface area contributed by atoms with Crippen molar-refractivity contribution < 1.29 is 17.9 Å². The van der Waals surface area contributed by atoms with E-state index in [0.29, 0.717) is 11.6 Å². The highest BCUT2D eigenvalue weighted by atomic mass is 19.4. The van der Waals surface area contributed by atoms with Gasteiger partial charge in [-0.25, -0.2) is 4.98 Å². The van der Waals surface area contributed by atoms with E-state index < -0.39 is 12.2 Å². The molecule has 0 saturated heterocycles. The minimum atomic E-state index is -4.38. The van der Waals surface area contributed by atoms with Crippen LogP contribution in [0.25, 0.3) is 0 Å². The molecule has 0 saturated carbocycles. The number of rotatable bonds is 5. The Hall–Kier alpha value is -2.08. The van der Waals surface area contributed by atoms with Gasteiger partial charge in [-0.2, -0.15) is 13.2 Å². The molecular formula is C20H25F3N2O. The van der Waals surface area contributed by atoms with E-state index in [1.54, 1.807) is 13.0 Å². The summed E-state index contributed by atoms with van der Waals surface area (Å²) >= 11 is 0. The van der Waals surface area contributed by atoms with Crippen LogP contribution in [0.1, 0.15) is 39.9 Å². The number of benzene rings is 1.